The molecule has 0 spiro atoms. The molecular formula is C32H28F2N4O4. The first kappa shape index (κ1) is 28.8. The zero-order valence-corrected chi connectivity index (χ0v) is 22.8. The number of hydrogen-bond donors (Lipinski definition) is 2. The van der Waals surface area contributed by atoms with Crippen LogP contribution in [0.4, 0.5) is 8.78 Å². The van der Waals surface area contributed by atoms with Gasteiger partial charge in [0.15, 0.2) is 0 Å². The smallest absolute Gasteiger partial charge is 0.214 e. The second-order valence-corrected chi connectivity index (χ2v) is 9.67. The third-order valence-corrected chi connectivity index (χ3v) is 6.91. The summed E-state index contributed by atoms with van der Waals surface area (Å²) in [6.45, 7) is 0.409. The molecule has 0 bridgehead atoms. The van der Waals surface area contributed by atoms with E-state index in [0.717, 1.165) is 11.6 Å². The van der Waals surface area contributed by atoms with Gasteiger partial charge >= 0.3 is 0 Å². The van der Waals surface area contributed by atoms with Gasteiger partial charge in [0, 0.05) is 37.3 Å². The Morgan fingerprint density at radius 1 is 0.976 bits per heavy atom. The zero-order valence-electron chi connectivity index (χ0n) is 22.8. The molecule has 0 aliphatic rings. The van der Waals surface area contributed by atoms with Crippen molar-refractivity contribution in [1.82, 2.24) is 14.5 Å². The largest absolute Gasteiger partial charge is 0.473 e. The standard InChI is InChI=1S/C32H28F2N4O4/c1-41-12-11-38-29-15-23(30(40)18-39)9-10-28(29)36-31(38)16-21-7-8-22(14-26(21)34)27-3-2-4-32(37-27)42-19-24-6-5-20(17-35)13-25(24)33/h2-10,13-15,30,39-40H,11-12,16,18-19H2,1H3. The van der Waals surface area contributed by atoms with Crippen molar-refractivity contribution in [1.29, 1.82) is 5.26 Å². The lowest BCUT2D eigenvalue weighted by molar-refractivity contribution is 0.0957. The Hall–Kier alpha value is -4.69. The maximum absolute atomic E-state index is 15.4. The minimum atomic E-state index is -1.01. The second-order valence-electron chi connectivity index (χ2n) is 9.67. The number of halogens is 2. The van der Waals surface area contributed by atoms with E-state index >= 15 is 4.39 Å². The Labute approximate surface area is 241 Å². The number of imidazole rings is 1. The SMILES string of the molecule is COCCn1c(Cc2ccc(-c3cccc(OCc4ccc(C#N)cc4F)n3)cc2F)nc2ccc(C(O)CO)cc21. The number of aromatic nitrogens is 3. The number of nitrogens with zero attached hydrogens (tertiary/aromatic N) is 4. The van der Waals surface area contributed by atoms with Gasteiger partial charge in [-0.1, -0.05) is 30.3 Å². The summed E-state index contributed by atoms with van der Waals surface area (Å²) in [4.78, 5) is 9.16. The lowest BCUT2D eigenvalue weighted by Crippen LogP contribution is -2.10. The molecule has 10 heteroatoms. The molecule has 0 amide bonds. The van der Waals surface area contributed by atoms with Crippen LogP contribution in [0, 0.1) is 23.0 Å². The van der Waals surface area contributed by atoms with E-state index in [4.69, 9.17) is 19.7 Å². The third-order valence-electron chi connectivity index (χ3n) is 6.91. The van der Waals surface area contributed by atoms with Crippen molar-refractivity contribution < 1.29 is 28.5 Å². The van der Waals surface area contributed by atoms with Crippen LogP contribution in [0.2, 0.25) is 0 Å². The summed E-state index contributed by atoms with van der Waals surface area (Å²) in [7, 11) is 1.59. The Bertz CT molecular complexity index is 1770. The van der Waals surface area contributed by atoms with Crippen molar-refractivity contribution in [3.8, 4) is 23.2 Å². The fourth-order valence-corrected chi connectivity index (χ4v) is 4.63. The maximum Gasteiger partial charge on any atom is 0.214 e. The monoisotopic (exact) mass is 570 g/mol. The summed E-state index contributed by atoms with van der Waals surface area (Å²) in [5, 5.41) is 28.4. The average Bonchev–Trinajstić information content (AvgIpc) is 3.35. The molecule has 214 valence electrons. The number of rotatable bonds is 11. The van der Waals surface area contributed by atoms with Gasteiger partial charge in [0.05, 0.1) is 41.6 Å². The molecule has 0 saturated heterocycles. The summed E-state index contributed by atoms with van der Waals surface area (Å²) >= 11 is 0. The molecule has 8 nitrogen and oxygen atoms in total. The van der Waals surface area contributed by atoms with E-state index in [1.807, 2.05) is 10.6 Å². The predicted octanol–water partition coefficient (Wildman–Crippen LogP) is 5.09. The van der Waals surface area contributed by atoms with Crippen molar-refractivity contribution in [2.75, 3.05) is 20.3 Å². The Balaban J connectivity index is 1.36. The van der Waals surface area contributed by atoms with Gasteiger partial charge in [-0.05, 0) is 47.5 Å². The molecule has 5 rings (SSSR count). The van der Waals surface area contributed by atoms with E-state index in [9.17, 15) is 14.6 Å². The molecule has 0 aliphatic carbocycles. The molecule has 0 saturated carbocycles. The molecule has 0 radical (unpaired) electrons. The molecule has 3 aromatic carbocycles. The van der Waals surface area contributed by atoms with E-state index in [1.165, 1.54) is 18.2 Å². The minimum Gasteiger partial charge on any atom is -0.473 e. The molecule has 2 heterocycles. The molecule has 0 fully saturated rings. The van der Waals surface area contributed by atoms with Crippen molar-refractivity contribution in [2.45, 2.75) is 25.7 Å². The van der Waals surface area contributed by atoms with Gasteiger partial charge in [0.1, 0.15) is 30.2 Å². The molecule has 42 heavy (non-hydrogen) atoms. The number of pyridine rings is 1. The van der Waals surface area contributed by atoms with E-state index in [-0.39, 0.29) is 30.0 Å². The Morgan fingerprint density at radius 2 is 1.79 bits per heavy atom. The fourth-order valence-electron chi connectivity index (χ4n) is 4.63. The van der Waals surface area contributed by atoms with Crippen LogP contribution < -0.4 is 4.74 Å². The first-order valence-corrected chi connectivity index (χ1v) is 13.2. The van der Waals surface area contributed by atoms with Crippen molar-refractivity contribution in [3.05, 3.63) is 113 Å². The zero-order chi connectivity index (χ0) is 29.6. The summed E-state index contributed by atoms with van der Waals surface area (Å²) in [5.41, 5.74) is 3.98. The quantitative estimate of drug-likeness (QED) is 0.227. The van der Waals surface area contributed by atoms with Crippen LogP contribution >= 0.6 is 0 Å². The Morgan fingerprint density at radius 3 is 2.52 bits per heavy atom. The fraction of sp³-hybridized carbons (Fsp3) is 0.219. The van der Waals surface area contributed by atoms with Crippen LogP contribution in [0.25, 0.3) is 22.3 Å². The normalized spacial score (nSPS) is 11.9. The van der Waals surface area contributed by atoms with Gasteiger partial charge in [-0.3, -0.25) is 0 Å². The molecule has 0 aliphatic heterocycles. The lowest BCUT2D eigenvalue weighted by Gasteiger charge is -2.12. The maximum atomic E-state index is 15.4. The van der Waals surface area contributed by atoms with Gasteiger partial charge in [-0.2, -0.15) is 5.26 Å². The number of aliphatic hydroxyl groups excluding tert-OH is 2. The number of methoxy groups -OCH3 is 1. The van der Waals surface area contributed by atoms with Crippen LogP contribution in [0.1, 0.15) is 34.2 Å². The van der Waals surface area contributed by atoms with Crippen LogP contribution in [-0.4, -0.2) is 45.1 Å². The van der Waals surface area contributed by atoms with E-state index in [0.29, 0.717) is 46.9 Å². The molecule has 2 N–H and O–H groups in total. The molecule has 1 atom stereocenters. The van der Waals surface area contributed by atoms with Crippen LogP contribution in [0.15, 0.2) is 72.8 Å². The molecule has 1 unspecified atom stereocenters. The number of nitriles is 1. The summed E-state index contributed by atoms with van der Waals surface area (Å²) in [6, 6.07) is 21.2. The lowest BCUT2D eigenvalue weighted by atomic mass is 10.1. The highest BCUT2D eigenvalue weighted by Crippen LogP contribution is 2.27. The first-order chi connectivity index (χ1) is 20.4. The van der Waals surface area contributed by atoms with Gasteiger partial charge in [0.25, 0.3) is 0 Å². The molecule has 2 aromatic heterocycles. The van der Waals surface area contributed by atoms with Crippen LogP contribution in [0.3, 0.4) is 0 Å². The number of aliphatic hydroxyl groups is 2. The van der Waals surface area contributed by atoms with Crippen LogP contribution in [0.5, 0.6) is 5.88 Å². The van der Waals surface area contributed by atoms with Crippen molar-refractivity contribution in [2.24, 2.45) is 0 Å². The number of hydrogen-bond acceptors (Lipinski definition) is 7. The number of ether oxygens (including phenoxy) is 2. The summed E-state index contributed by atoms with van der Waals surface area (Å²) < 4.78 is 42.5. The average molecular weight is 571 g/mol. The van der Waals surface area contributed by atoms with Gasteiger partial charge in [-0.25, -0.2) is 18.7 Å². The van der Waals surface area contributed by atoms with E-state index < -0.39 is 24.3 Å². The molecule has 5 aromatic rings. The predicted molar refractivity (Wildman–Crippen MR) is 152 cm³/mol. The van der Waals surface area contributed by atoms with Crippen molar-refractivity contribution in [3.63, 3.8) is 0 Å². The highest BCUT2D eigenvalue weighted by atomic mass is 19.1. The summed E-state index contributed by atoms with van der Waals surface area (Å²) in [6.07, 6.45) is -0.793. The summed E-state index contributed by atoms with van der Waals surface area (Å²) in [5.74, 6) is -0.0880. The van der Waals surface area contributed by atoms with Crippen molar-refractivity contribution >= 4 is 11.0 Å². The van der Waals surface area contributed by atoms with Crippen LogP contribution in [-0.2, 0) is 24.3 Å². The first-order valence-electron chi connectivity index (χ1n) is 13.2. The number of benzene rings is 3. The van der Waals surface area contributed by atoms with E-state index in [2.05, 4.69) is 4.98 Å². The highest BCUT2D eigenvalue weighted by Gasteiger charge is 2.17. The highest BCUT2D eigenvalue weighted by molar-refractivity contribution is 5.77. The van der Waals surface area contributed by atoms with Gasteiger partial charge in [0.2, 0.25) is 5.88 Å². The van der Waals surface area contributed by atoms with Gasteiger partial charge < -0.3 is 24.3 Å². The topological polar surface area (TPSA) is 113 Å². The number of fused-ring (bicyclic) bond motifs is 1. The Kier molecular flexibility index (Phi) is 8.83. The molecular weight excluding hydrogens is 542 g/mol. The van der Waals surface area contributed by atoms with E-state index in [1.54, 1.807) is 55.6 Å². The minimum absolute atomic E-state index is 0.0776. The second kappa shape index (κ2) is 12.9. The van der Waals surface area contributed by atoms with Gasteiger partial charge in [-0.15, -0.1) is 0 Å². The third kappa shape index (κ3) is 6.29.